The molecule has 4 nitrogen and oxygen atoms in total. The van der Waals surface area contributed by atoms with E-state index in [-0.39, 0.29) is 0 Å². The van der Waals surface area contributed by atoms with Gasteiger partial charge >= 0.3 is 5.97 Å². The molecule has 0 radical (unpaired) electrons. The van der Waals surface area contributed by atoms with E-state index in [9.17, 15) is 4.79 Å². The van der Waals surface area contributed by atoms with E-state index in [0.717, 1.165) is 27.4 Å². The number of carboxylic acid groups (broad SMARTS) is 1. The van der Waals surface area contributed by atoms with E-state index in [0.29, 0.717) is 6.42 Å². The molecule has 5 heteroatoms. The highest BCUT2D eigenvalue weighted by Gasteiger charge is 2.16. The maximum Gasteiger partial charge on any atom is 0.320 e. The van der Waals surface area contributed by atoms with Gasteiger partial charge in [-0.2, -0.15) is 0 Å². The summed E-state index contributed by atoms with van der Waals surface area (Å²) in [6, 6.07) is 3.20. The molecule has 0 spiro atoms. The molecule has 0 saturated heterocycles. The zero-order valence-corrected chi connectivity index (χ0v) is 13.7. The van der Waals surface area contributed by atoms with Gasteiger partial charge in [0, 0.05) is 28.0 Å². The number of carboxylic acids is 1. The Labute approximate surface area is 132 Å². The fraction of sp³-hybridized carbons (Fsp3) is 0.312. The molecule has 2 rings (SSSR count). The monoisotopic (exact) mass is 350 g/mol. The number of rotatable bonds is 5. The minimum absolute atomic E-state index is 0.313. The predicted octanol–water partition coefficient (Wildman–Crippen LogP) is 3.39. The van der Waals surface area contributed by atoms with Crippen molar-refractivity contribution in [3.8, 4) is 0 Å². The number of hydrogen-bond acceptors (Lipinski definition) is 2. The number of nitrogens with one attached hydrogen (secondary N) is 1. The molecule has 1 aromatic carbocycles. The van der Waals surface area contributed by atoms with Crippen molar-refractivity contribution in [1.29, 1.82) is 0 Å². The lowest BCUT2D eigenvalue weighted by Crippen LogP contribution is -2.32. The molecule has 112 valence electrons. The quantitative estimate of drug-likeness (QED) is 0.723. The van der Waals surface area contributed by atoms with Crippen LogP contribution in [0.25, 0.3) is 10.9 Å². The number of aromatic amines is 1. The third-order valence-corrected chi connectivity index (χ3v) is 3.87. The van der Waals surface area contributed by atoms with Gasteiger partial charge in [0.15, 0.2) is 0 Å². The van der Waals surface area contributed by atoms with Gasteiger partial charge in [0.05, 0.1) is 0 Å². The number of H-pyrrole nitrogens is 1. The van der Waals surface area contributed by atoms with Crippen LogP contribution in [0.15, 0.2) is 34.5 Å². The van der Waals surface area contributed by atoms with Gasteiger partial charge in [0.2, 0.25) is 0 Å². The molecule has 0 aliphatic carbocycles. The maximum atomic E-state index is 10.9. The first-order valence-corrected chi connectivity index (χ1v) is 7.58. The van der Waals surface area contributed by atoms with Crippen LogP contribution in [0.2, 0.25) is 0 Å². The van der Waals surface area contributed by atoms with Gasteiger partial charge < -0.3 is 15.8 Å². The first-order chi connectivity index (χ1) is 9.88. The number of allylic oxidation sites excluding steroid dienone is 2. The fourth-order valence-corrected chi connectivity index (χ4v) is 2.80. The van der Waals surface area contributed by atoms with E-state index in [4.69, 9.17) is 10.8 Å². The summed E-state index contributed by atoms with van der Waals surface area (Å²) in [5.74, 6) is -0.982. The minimum Gasteiger partial charge on any atom is -0.480 e. The molecule has 1 atom stereocenters. The molecule has 2 aromatic rings. The summed E-state index contributed by atoms with van der Waals surface area (Å²) in [6.45, 7) is 4.14. The summed E-state index contributed by atoms with van der Waals surface area (Å²) in [7, 11) is 0. The van der Waals surface area contributed by atoms with E-state index in [1.54, 1.807) is 0 Å². The highest BCUT2D eigenvalue weighted by atomic mass is 79.9. The van der Waals surface area contributed by atoms with E-state index >= 15 is 0 Å². The summed E-state index contributed by atoms with van der Waals surface area (Å²) >= 11 is 3.52. The average molecular weight is 351 g/mol. The highest BCUT2D eigenvalue weighted by molar-refractivity contribution is 9.10. The molecule has 1 heterocycles. The number of aromatic nitrogens is 1. The molecular weight excluding hydrogens is 332 g/mol. The SMILES string of the molecule is CC(C)=CCc1cc(Br)cc2c(CC(N)C(=O)O)c[nH]c12. The zero-order valence-electron chi connectivity index (χ0n) is 12.1. The molecule has 4 N–H and O–H groups in total. The molecule has 0 amide bonds. The van der Waals surface area contributed by atoms with Crippen LogP contribution >= 0.6 is 15.9 Å². The topological polar surface area (TPSA) is 79.1 Å². The van der Waals surface area contributed by atoms with Crippen LogP contribution in [-0.2, 0) is 17.6 Å². The number of nitrogens with two attached hydrogens (primary N) is 1. The Morgan fingerprint density at radius 1 is 1.43 bits per heavy atom. The van der Waals surface area contributed by atoms with Crippen LogP contribution in [0.1, 0.15) is 25.0 Å². The average Bonchev–Trinajstić information content (AvgIpc) is 2.79. The third kappa shape index (κ3) is 3.74. The third-order valence-electron chi connectivity index (χ3n) is 3.41. The Kier molecular flexibility index (Phi) is 4.85. The Bertz CT molecular complexity index is 700. The van der Waals surface area contributed by atoms with Crippen LogP contribution in [0.3, 0.4) is 0 Å². The molecule has 21 heavy (non-hydrogen) atoms. The minimum atomic E-state index is -0.982. The van der Waals surface area contributed by atoms with Crippen LogP contribution in [0.4, 0.5) is 0 Å². The zero-order chi connectivity index (χ0) is 15.6. The van der Waals surface area contributed by atoms with Gasteiger partial charge in [-0.15, -0.1) is 0 Å². The Morgan fingerprint density at radius 3 is 2.76 bits per heavy atom. The van der Waals surface area contributed by atoms with Gasteiger partial charge in [-0.25, -0.2) is 0 Å². The second-order valence-corrected chi connectivity index (χ2v) is 6.35. The van der Waals surface area contributed by atoms with Crippen molar-refractivity contribution in [1.82, 2.24) is 4.98 Å². The molecule has 1 unspecified atom stereocenters. The summed E-state index contributed by atoms with van der Waals surface area (Å²) in [5.41, 5.74) is 10.1. The van der Waals surface area contributed by atoms with Crippen molar-refractivity contribution >= 4 is 32.8 Å². The molecule has 0 bridgehead atoms. The van der Waals surface area contributed by atoms with Crippen molar-refractivity contribution in [2.45, 2.75) is 32.7 Å². The van der Waals surface area contributed by atoms with Crippen molar-refractivity contribution in [3.05, 3.63) is 45.6 Å². The van der Waals surface area contributed by atoms with Gasteiger partial charge in [-0.1, -0.05) is 27.6 Å². The van der Waals surface area contributed by atoms with Crippen LogP contribution in [-0.4, -0.2) is 22.1 Å². The van der Waals surface area contributed by atoms with Gasteiger partial charge in [-0.05, 0) is 43.5 Å². The number of hydrogen-bond donors (Lipinski definition) is 3. The normalized spacial score (nSPS) is 12.4. The van der Waals surface area contributed by atoms with Crippen LogP contribution in [0, 0.1) is 0 Å². The van der Waals surface area contributed by atoms with Crippen molar-refractivity contribution < 1.29 is 9.90 Å². The smallest absolute Gasteiger partial charge is 0.320 e. The standard InChI is InChI=1S/C16H19BrN2O2/c1-9(2)3-4-10-5-12(17)7-13-11(8-19-15(10)13)6-14(18)16(20)21/h3,5,7-8,14,19H,4,6,18H2,1-2H3,(H,20,21). The predicted molar refractivity (Wildman–Crippen MR) is 88.4 cm³/mol. The van der Waals surface area contributed by atoms with E-state index in [2.05, 4.69) is 46.9 Å². The first kappa shape index (κ1) is 15.8. The number of fused-ring (bicyclic) bond motifs is 1. The molecule has 0 saturated carbocycles. The first-order valence-electron chi connectivity index (χ1n) is 6.78. The second kappa shape index (κ2) is 6.45. The molecule has 0 fully saturated rings. The largest absolute Gasteiger partial charge is 0.480 e. The number of benzene rings is 1. The maximum absolute atomic E-state index is 10.9. The van der Waals surface area contributed by atoms with Gasteiger partial charge in [0.25, 0.3) is 0 Å². The van der Waals surface area contributed by atoms with Crippen molar-refractivity contribution in [3.63, 3.8) is 0 Å². The molecule has 0 aliphatic rings. The van der Waals surface area contributed by atoms with Gasteiger partial charge in [-0.3, -0.25) is 4.79 Å². The van der Waals surface area contributed by atoms with Crippen LogP contribution < -0.4 is 5.73 Å². The van der Waals surface area contributed by atoms with E-state index in [1.807, 2.05) is 12.3 Å². The summed E-state index contributed by atoms with van der Waals surface area (Å²) < 4.78 is 0.983. The van der Waals surface area contributed by atoms with Crippen molar-refractivity contribution in [2.75, 3.05) is 0 Å². The molecular formula is C16H19BrN2O2. The Balaban J connectivity index is 2.43. The molecule has 0 aliphatic heterocycles. The number of halogens is 1. The van der Waals surface area contributed by atoms with Crippen LogP contribution in [0.5, 0.6) is 0 Å². The lowest BCUT2D eigenvalue weighted by atomic mass is 10.0. The molecule has 1 aromatic heterocycles. The second-order valence-electron chi connectivity index (χ2n) is 5.44. The highest BCUT2D eigenvalue weighted by Crippen LogP contribution is 2.28. The Morgan fingerprint density at radius 2 is 2.14 bits per heavy atom. The number of aliphatic carboxylic acids is 1. The number of carbonyl (C=O) groups is 1. The van der Waals surface area contributed by atoms with Crippen molar-refractivity contribution in [2.24, 2.45) is 5.73 Å². The Hall–Kier alpha value is -1.59. The van der Waals surface area contributed by atoms with E-state index in [1.165, 1.54) is 11.1 Å². The lowest BCUT2D eigenvalue weighted by molar-refractivity contribution is -0.138. The summed E-state index contributed by atoms with van der Waals surface area (Å²) in [5, 5.41) is 9.98. The van der Waals surface area contributed by atoms with Gasteiger partial charge in [0.1, 0.15) is 6.04 Å². The fourth-order valence-electron chi connectivity index (χ4n) is 2.29. The lowest BCUT2D eigenvalue weighted by Gasteiger charge is -2.07. The van der Waals surface area contributed by atoms with E-state index < -0.39 is 12.0 Å². The summed E-state index contributed by atoms with van der Waals surface area (Å²) in [4.78, 5) is 14.2. The summed E-state index contributed by atoms with van der Waals surface area (Å²) in [6.07, 6.45) is 5.17.